The maximum atomic E-state index is 6.06. The number of halogens is 1. The molecule has 0 atom stereocenters. The molecule has 3 aromatic carbocycles. The third-order valence-corrected chi connectivity index (χ3v) is 4.17. The molecule has 0 aliphatic carbocycles. The Bertz CT molecular complexity index is 1050. The van der Waals surface area contributed by atoms with Crippen LogP contribution in [-0.2, 0) is 0 Å². The van der Waals surface area contributed by atoms with Gasteiger partial charge in [-0.15, -0.1) is 0 Å². The summed E-state index contributed by atoms with van der Waals surface area (Å²) in [4.78, 5) is 4.41. The van der Waals surface area contributed by atoms with E-state index in [4.69, 9.17) is 28.2 Å². The lowest BCUT2D eigenvalue weighted by atomic mass is 10.1. The second-order valence-corrected chi connectivity index (χ2v) is 5.82. The first-order valence-corrected chi connectivity index (χ1v) is 7.59. The van der Waals surface area contributed by atoms with Crippen LogP contribution in [0, 0.1) is 4.64 Å². The molecule has 0 spiro atoms. The van der Waals surface area contributed by atoms with E-state index >= 15 is 0 Å². The highest BCUT2D eigenvalue weighted by Gasteiger charge is 2.09. The van der Waals surface area contributed by atoms with Crippen molar-refractivity contribution in [2.75, 3.05) is 0 Å². The van der Waals surface area contributed by atoms with Crippen LogP contribution in [0.4, 0.5) is 0 Å². The molecule has 0 aliphatic heterocycles. The summed E-state index contributed by atoms with van der Waals surface area (Å²) in [7, 11) is 0. The zero-order chi connectivity index (χ0) is 15.1. The lowest BCUT2D eigenvalue weighted by Crippen LogP contribution is -1.87. The van der Waals surface area contributed by atoms with Crippen molar-refractivity contribution in [3.63, 3.8) is 0 Å². The average Bonchev–Trinajstić information content (AvgIpc) is 2.55. The van der Waals surface area contributed by atoms with Gasteiger partial charge in [-0.2, -0.15) is 0 Å². The summed E-state index contributed by atoms with van der Waals surface area (Å²) < 4.78 is 6.60. The Morgan fingerprint density at radius 3 is 2.45 bits per heavy atom. The van der Waals surface area contributed by atoms with Gasteiger partial charge in [0.2, 0.25) is 5.89 Å². The van der Waals surface area contributed by atoms with Gasteiger partial charge in [0, 0.05) is 16.0 Å². The molecule has 0 unspecified atom stereocenters. The summed E-state index contributed by atoms with van der Waals surface area (Å²) in [6.07, 6.45) is 0. The standard InChI is InChI=1S/C18H10ClNOS/c19-13-8-5-12(6-9-13)17-20-18(22)15-10-7-11-3-1-2-4-14(11)16(15)21-17/h1-10H. The molecular weight excluding hydrogens is 314 g/mol. The second kappa shape index (κ2) is 5.20. The fraction of sp³-hybridized carbons (Fsp3) is 0. The van der Waals surface area contributed by atoms with Crippen LogP contribution in [0.25, 0.3) is 33.2 Å². The van der Waals surface area contributed by atoms with Crippen molar-refractivity contribution in [3.05, 3.63) is 70.3 Å². The third-order valence-electron chi connectivity index (χ3n) is 3.60. The monoisotopic (exact) mass is 323 g/mol. The van der Waals surface area contributed by atoms with E-state index in [1.807, 2.05) is 54.6 Å². The summed E-state index contributed by atoms with van der Waals surface area (Å²) in [5.41, 5.74) is 1.62. The number of hydrogen-bond donors (Lipinski definition) is 0. The van der Waals surface area contributed by atoms with E-state index in [-0.39, 0.29) is 0 Å². The molecule has 0 fully saturated rings. The molecule has 0 aliphatic rings. The first-order chi connectivity index (χ1) is 10.7. The minimum atomic E-state index is 0.505. The molecule has 1 aromatic heterocycles. The highest BCUT2D eigenvalue weighted by molar-refractivity contribution is 7.71. The molecule has 0 amide bonds. The van der Waals surface area contributed by atoms with Gasteiger partial charge in [0.05, 0.1) is 5.39 Å². The normalized spacial score (nSPS) is 11.1. The van der Waals surface area contributed by atoms with E-state index in [1.165, 1.54) is 0 Å². The van der Waals surface area contributed by atoms with Gasteiger partial charge in [0.15, 0.2) is 0 Å². The number of benzene rings is 3. The predicted octanol–water partition coefficient (Wildman–Crippen LogP) is 6.03. The average molecular weight is 324 g/mol. The molecule has 4 heteroatoms. The molecule has 0 saturated heterocycles. The van der Waals surface area contributed by atoms with Crippen molar-refractivity contribution in [2.24, 2.45) is 0 Å². The highest BCUT2D eigenvalue weighted by Crippen LogP contribution is 2.29. The minimum absolute atomic E-state index is 0.505. The number of nitrogens with zero attached hydrogens (tertiary/aromatic N) is 1. The lowest BCUT2D eigenvalue weighted by molar-refractivity contribution is 0.600. The Kier molecular flexibility index (Phi) is 3.17. The SMILES string of the molecule is S=c1nc(-c2ccc(Cl)cc2)oc2c1ccc1ccccc12. The van der Waals surface area contributed by atoms with Crippen LogP contribution in [0.1, 0.15) is 0 Å². The number of aromatic nitrogens is 1. The fourth-order valence-corrected chi connectivity index (χ4v) is 2.88. The quantitative estimate of drug-likeness (QED) is 0.316. The summed E-state index contributed by atoms with van der Waals surface area (Å²) in [5.74, 6) is 0.505. The van der Waals surface area contributed by atoms with E-state index in [9.17, 15) is 0 Å². The maximum Gasteiger partial charge on any atom is 0.227 e. The summed E-state index contributed by atoms with van der Waals surface area (Å²) >= 11 is 11.4. The zero-order valence-corrected chi connectivity index (χ0v) is 13.0. The van der Waals surface area contributed by atoms with E-state index < -0.39 is 0 Å². The zero-order valence-electron chi connectivity index (χ0n) is 11.4. The van der Waals surface area contributed by atoms with E-state index in [1.54, 1.807) is 0 Å². The molecule has 4 aromatic rings. The van der Waals surface area contributed by atoms with E-state index in [0.717, 1.165) is 27.3 Å². The summed E-state index contributed by atoms with van der Waals surface area (Å²) in [6.45, 7) is 0. The molecule has 1 heterocycles. The van der Waals surface area contributed by atoms with Gasteiger partial charge in [0.1, 0.15) is 10.2 Å². The van der Waals surface area contributed by atoms with E-state index in [2.05, 4.69) is 11.1 Å². The van der Waals surface area contributed by atoms with Crippen LogP contribution in [0.2, 0.25) is 5.02 Å². The first kappa shape index (κ1) is 13.4. The van der Waals surface area contributed by atoms with Gasteiger partial charge in [0.25, 0.3) is 0 Å². The van der Waals surface area contributed by atoms with Crippen LogP contribution in [0.15, 0.2) is 65.1 Å². The van der Waals surface area contributed by atoms with Gasteiger partial charge in [-0.3, -0.25) is 0 Å². The van der Waals surface area contributed by atoms with Gasteiger partial charge >= 0.3 is 0 Å². The summed E-state index contributed by atoms with van der Waals surface area (Å²) in [5, 5.41) is 3.67. The molecule has 0 saturated carbocycles. The molecule has 0 bridgehead atoms. The molecule has 2 nitrogen and oxygen atoms in total. The Labute approximate surface area is 137 Å². The molecule has 106 valence electrons. The van der Waals surface area contributed by atoms with Crippen molar-refractivity contribution in [3.8, 4) is 11.5 Å². The van der Waals surface area contributed by atoms with Crippen LogP contribution in [0.3, 0.4) is 0 Å². The number of hydrogen-bond acceptors (Lipinski definition) is 3. The molecule has 22 heavy (non-hydrogen) atoms. The topological polar surface area (TPSA) is 26.0 Å². The Morgan fingerprint density at radius 1 is 0.864 bits per heavy atom. The van der Waals surface area contributed by atoms with Gasteiger partial charge in [-0.05, 0) is 35.7 Å². The molecule has 4 rings (SSSR count). The molecule has 0 radical (unpaired) electrons. The van der Waals surface area contributed by atoms with Crippen LogP contribution in [-0.4, -0.2) is 4.98 Å². The third kappa shape index (κ3) is 2.19. The van der Waals surface area contributed by atoms with Crippen molar-refractivity contribution >= 4 is 45.6 Å². The smallest absolute Gasteiger partial charge is 0.227 e. The lowest BCUT2D eigenvalue weighted by Gasteiger charge is -2.06. The number of fused-ring (bicyclic) bond motifs is 3. The van der Waals surface area contributed by atoms with Crippen molar-refractivity contribution < 1.29 is 4.42 Å². The fourth-order valence-electron chi connectivity index (χ4n) is 2.51. The Balaban J connectivity index is 2.08. The Morgan fingerprint density at radius 2 is 1.64 bits per heavy atom. The van der Waals surface area contributed by atoms with Gasteiger partial charge < -0.3 is 4.42 Å². The van der Waals surface area contributed by atoms with Crippen LogP contribution >= 0.6 is 23.8 Å². The van der Waals surface area contributed by atoms with Crippen molar-refractivity contribution in [1.82, 2.24) is 4.98 Å². The maximum absolute atomic E-state index is 6.06. The van der Waals surface area contributed by atoms with Crippen LogP contribution < -0.4 is 0 Å². The summed E-state index contributed by atoms with van der Waals surface area (Å²) in [6, 6.07) is 19.4. The predicted molar refractivity (Wildman–Crippen MR) is 92.8 cm³/mol. The minimum Gasteiger partial charge on any atom is -0.437 e. The van der Waals surface area contributed by atoms with Gasteiger partial charge in [-0.25, -0.2) is 4.98 Å². The largest absolute Gasteiger partial charge is 0.437 e. The van der Waals surface area contributed by atoms with Gasteiger partial charge in [-0.1, -0.05) is 54.2 Å². The molecular formula is C18H10ClNOS. The van der Waals surface area contributed by atoms with Crippen molar-refractivity contribution in [2.45, 2.75) is 0 Å². The van der Waals surface area contributed by atoms with Crippen LogP contribution in [0.5, 0.6) is 0 Å². The molecule has 0 N–H and O–H groups in total. The second-order valence-electron chi connectivity index (χ2n) is 4.99. The highest BCUT2D eigenvalue weighted by atomic mass is 35.5. The van der Waals surface area contributed by atoms with E-state index in [0.29, 0.717) is 15.6 Å². The number of rotatable bonds is 1. The Hall–Kier alpha value is -2.23. The first-order valence-electron chi connectivity index (χ1n) is 6.81. The van der Waals surface area contributed by atoms with Crippen molar-refractivity contribution in [1.29, 1.82) is 0 Å².